The number of hydrogen-bond donors (Lipinski definition) is 2. The molecule has 5 nitrogen and oxygen atoms in total. The second kappa shape index (κ2) is 6.13. The number of benzene rings is 2. The minimum atomic E-state index is -0.459. The third-order valence-corrected chi connectivity index (χ3v) is 2.88. The summed E-state index contributed by atoms with van der Waals surface area (Å²) in [5.41, 5.74) is 6.63. The summed E-state index contributed by atoms with van der Waals surface area (Å²) in [7, 11) is 2.94. The topological polar surface area (TPSA) is 73.6 Å². The molecule has 0 saturated carbocycles. The molecule has 2 rings (SSSR count). The van der Waals surface area contributed by atoms with Gasteiger partial charge in [-0.1, -0.05) is 6.07 Å². The second-order valence-corrected chi connectivity index (χ2v) is 4.26. The van der Waals surface area contributed by atoms with Crippen LogP contribution in [0.15, 0.2) is 36.4 Å². The first-order valence-corrected chi connectivity index (χ1v) is 6.13. The molecule has 0 bridgehead atoms. The van der Waals surface area contributed by atoms with Gasteiger partial charge in [-0.25, -0.2) is 4.39 Å². The largest absolute Gasteiger partial charge is 0.493 e. The fourth-order valence-corrected chi connectivity index (χ4v) is 1.86. The first-order valence-electron chi connectivity index (χ1n) is 6.13. The molecule has 21 heavy (non-hydrogen) atoms. The van der Waals surface area contributed by atoms with Crippen molar-refractivity contribution in [3.05, 3.63) is 47.8 Å². The average molecular weight is 290 g/mol. The first-order chi connectivity index (χ1) is 10.0. The van der Waals surface area contributed by atoms with E-state index in [1.807, 2.05) is 0 Å². The van der Waals surface area contributed by atoms with Gasteiger partial charge in [-0.15, -0.1) is 0 Å². The van der Waals surface area contributed by atoms with Crippen LogP contribution in [-0.2, 0) is 0 Å². The van der Waals surface area contributed by atoms with Crippen LogP contribution < -0.4 is 20.5 Å². The summed E-state index contributed by atoms with van der Waals surface area (Å²) in [5, 5.41) is 2.57. The molecule has 0 aliphatic rings. The summed E-state index contributed by atoms with van der Waals surface area (Å²) in [6, 6.07) is 8.57. The van der Waals surface area contributed by atoms with E-state index in [9.17, 15) is 9.18 Å². The molecule has 0 saturated heterocycles. The molecule has 2 aromatic carbocycles. The van der Waals surface area contributed by atoms with Gasteiger partial charge in [0.15, 0.2) is 11.5 Å². The molecule has 0 aliphatic heterocycles. The SMILES string of the molecule is COc1cc(N)c(C(=O)Nc2cccc(F)c2)cc1OC. The molecule has 1 amide bonds. The third-order valence-electron chi connectivity index (χ3n) is 2.88. The van der Waals surface area contributed by atoms with E-state index in [-0.39, 0.29) is 11.3 Å². The van der Waals surface area contributed by atoms with Crippen LogP contribution >= 0.6 is 0 Å². The third kappa shape index (κ3) is 3.22. The summed E-state index contributed by atoms with van der Waals surface area (Å²) < 4.78 is 23.3. The number of amides is 1. The van der Waals surface area contributed by atoms with Crippen molar-refractivity contribution in [1.29, 1.82) is 0 Å². The highest BCUT2D eigenvalue weighted by molar-refractivity contribution is 6.08. The Bertz CT molecular complexity index is 674. The Morgan fingerprint density at radius 2 is 1.81 bits per heavy atom. The van der Waals surface area contributed by atoms with Crippen LogP contribution in [0.1, 0.15) is 10.4 Å². The number of nitrogen functional groups attached to an aromatic ring is 1. The quantitative estimate of drug-likeness (QED) is 0.849. The number of carbonyl (C=O) groups is 1. The van der Waals surface area contributed by atoms with Crippen molar-refractivity contribution in [2.75, 3.05) is 25.3 Å². The van der Waals surface area contributed by atoms with Crippen LogP contribution in [0.3, 0.4) is 0 Å². The standard InChI is InChI=1S/C15H15FN2O3/c1-20-13-7-11(12(17)8-14(13)21-2)15(19)18-10-5-3-4-9(16)6-10/h3-8H,17H2,1-2H3,(H,18,19). The number of carbonyl (C=O) groups excluding carboxylic acids is 1. The van der Waals surface area contributed by atoms with Gasteiger partial charge in [0.25, 0.3) is 5.91 Å². The molecular weight excluding hydrogens is 275 g/mol. The Morgan fingerprint density at radius 3 is 2.43 bits per heavy atom. The van der Waals surface area contributed by atoms with E-state index >= 15 is 0 Å². The molecule has 0 heterocycles. The molecule has 0 spiro atoms. The van der Waals surface area contributed by atoms with Crippen LogP contribution in [0.25, 0.3) is 0 Å². The van der Waals surface area contributed by atoms with Gasteiger partial charge in [0, 0.05) is 17.4 Å². The van der Waals surface area contributed by atoms with Crippen molar-refractivity contribution < 1.29 is 18.7 Å². The number of anilines is 2. The predicted molar refractivity (Wildman–Crippen MR) is 78.3 cm³/mol. The molecule has 0 atom stereocenters. The Hall–Kier alpha value is -2.76. The molecule has 0 unspecified atom stereocenters. The van der Waals surface area contributed by atoms with Crippen LogP contribution in [0.4, 0.5) is 15.8 Å². The van der Waals surface area contributed by atoms with E-state index in [4.69, 9.17) is 15.2 Å². The Balaban J connectivity index is 2.31. The zero-order valence-electron chi connectivity index (χ0n) is 11.6. The van der Waals surface area contributed by atoms with Gasteiger partial charge in [0.1, 0.15) is 5.82 Å². The number of ether oxygens (including phenoxy) is 2. The van der Waals surface area contributed by atoms with Crippen LogP contribution in [0, 0.1) is 5.82 Å². The van der Waals surface area contributed by atoms with Gasteiger partial charge in [0.05, 0.1) is 19.8 Å². The van der Waals surface area contributed by atoms with Crippen molar-refractivity contribution in [1.82, 2.24) is 0 Å². The molecular formula is C15H15FN2O3. The van der Waals surface area contributed by atoms with E-state index in [2.05, 4.69) is 5.32 Å². The molecule has 3 N–H and O–H groups in total. The van der Waals surface area contributed by atoms with E-state index in [0.717, 1.165) is 0 Å². The monoisotopic (exact) mass is 290 g/mol. The maximum absolute atomic E-state index is 13.1. The Kier molecular flexibility index (Phi) is 4.27. The zero-order chi connectivity index (χ0) is 15.4. The number of rotatable bonds is 4. The number of methoxy groups -OCH3 is 2. The van der Waals surface area contributed by atoms with Gasteiger partial charge in [-0.2, -0.15) is 0 Å². The molecule has 0 aromatic heterocycles. The molecule has 110 valence electrons. The Labute approximate surface area is 121 Å². The highest BCUT2D eigenvalue weighted by Gasteiger charge is 2.15. The van der Waals surface area contributed by atoms with E-state index in [0.29, 0.717) is 17.2 Å². The highest BCUT2D eigenvalue weighted by Crippen LogP contribution is 2.32. The molecule has 0 radical (unpaired) electrons. The normalized spacial score (nSPS) is 10.0. The molecule has 0 fully saturated rings. The summed E-state index contributed by atoms with van der Waals surface area (Å²) >= 11 is 0. The first kappa shape index (κ1) is 14.6. The second-order valence-electron chi connectivity index (χ2n) is 4.26. The minimum Gasteiger partial charge on any atom is -0.493 e. The summed E-state index contributed by atoms with van der Waals surface area (Å²) in [5.74, 6) is -0.0828. The lowest BCUT2D eigenvalue weighted by molar-refractivity contribution is 0.102. The Morgan fingerprint density at radius 1 is 1.14 bits per heavy atom. The van der Waals surface area contributed by atoms with E-state index in [1.54, 1.807) is 6.07 Å². The van der Waals surface area contributed by atoms with Crippen LogP contribution in [0.5, 0.6) is 11.5 Å². The highest BCUT2D eigenvalue weighted by atomic mass is 19.1. The summed E-state index contributed by atoms with van der Waals surface area (Å²) in [4.78, 5) is 12.2. The minimum absolute atomic E-state index is 0.219. The van der Waals surface area contributed by atoms with Crippen LogP contribution in [0.2, 0.25) is 0 Å². The predicted octanol–water partition coefficient (Wildman–Crippen LogP) is 2.68. The van der Waals surface area contributed by atoms with Crippen molar-refractivity contribution in [2.45, 2.75) is 0 Å². The number of halogens is 1. The average Bonchev–Trinajstić information content (AvgIpc) is 2.46. The number of hydrogen-bond acceptors (Lipinski definition) is 4. The lowest BCUT2D eigenvalue weighted by Crippen LogP contribution is -2.14. The molecule has 6 heteroatoms. The van der Waals surface area contributed by atoms with Gasteiger partial charge in [-0.05, 0) is 24.3 Å². The van der Waals surface area contributed by atoms with Gasteiger partial charge in [-0.3, -0.25) is 4.79 Å². The van der Waals surface area contributed by atoms with Gasteiger partial charge in [0.2, 0.25) is 0 Å². The van der Waals surface area contributed by atoms with Gasteiger partial charge >= 0.3 is 0 Å². The molecule has 0 aliphatic carbocycles. The van der Waals surface area contributed by atoms with Crippen molar-refractivity contribution >= 4 is 17.3 Å². The lowest BCUT2D eigenvalue weighted by atomic mass is 10.1. The molecule has 2 aromatic rings. The van der Waals surface area contributed by atoms with E-state index in [1.165, 1.54) is 44.6 Å². The summed E-state index contributed by atoms with van der Waals surface area (Å²) in [6.07, 6.45) is 0. The van der Waals surface area contributed by atoms with Crippen molar-refractivity contribution in [3.8, 4) is 11.5 Å². The smallest absolute Gasteiger partial charge is 0.257 e. The van der Waals surface area contributed by atoms with Gasteiger partial charge < -0.3 is 20.5 Å². The van der Waals surface area contributed by atoms with Crippen molar-refractivity contribution in [3.63, 3.8) is 0 Å². The van der Waals surface area contributed by atoms with Crippen molar-refractivity contribution in [2.24, 2.45) is 0 Å². The fourth-order valence-electron chi connectivity index (χ4n) is 1.86. The summed E-state index contributed by atoms with van der Waals surface area (Å²) in [6.45, 7) is 0. The number of nitrogens with one attached hydrogen (secondary N) is 1. The maximum atomic E-state index is 13.1. The maximum Gasteiger partial charge on any atom is 0.257 e. The zero-order valence-corrected chi connectivity index (χ0v) is 11.6. The lowest BCUT2D eigenvalue weighted by Gasteiger charge is -2.12. The van der Waals surface area contributed by atoms with Crippen LogP contribution in [-0.4, -0.2) is 20.1 Å². The van der Waals surface area contributed by atoms with E-state index < -0.39 is 11.7 Å². The fraction of sp³-hybridized carbons (Fsp3) is 0.133. The number of nitrogens with two attached hydrogens (primary N) is 1.